The van der Waals surface area contributed by atoms with Gasteiger partial charge in [-0.2, -0.15) is 15.3 Å². The second kappa shape index (κ2) is 31.1. The number of aliphatic carboxylic acids is 1. The van der Waals surface area contributed by atoms with Gasteiger partial charge in [0.15, 0.2) is 34.0 Å². The number of esters is 4. The van der Waals surface area contributed by atoms with E-state index in [4.69, 9.17) is 34.5 Å². The van der Waals surface area contributed by atoms with Crippen molar-refractivity contribution in [1.29, 1.82) is 0 Å². The van der Waals surface area contributed by atoms with Crippen LogP contribution in [0.4, 0.5) is 8.78 Å². The minimum Gasteiger partial charge on any atom is -0.550 e. The smallest absolute Gasteiger partial charge is 0.550 e. The van der Waals surface area contributed by atoms with E-state index in [1.807, 2.05) is 6.92 Å². The van der Waals surface area contributed by atoms with Gasteiger partial charge >= 0.3 is 88.3 Å². The van der Waals surface area contributed by atoms with E-state index < -0.39 is 60.0 Å². The Morgan fingerprint density at radius 1 is 0.614 bits per heavy atom. The first-order chi connectivity index (χ1) is 38.2. The molecule has 0 aliphatic heterocycles. The number of benzene rings is 2. The Labute approximate surface area is 533 Å². The number of aryl methyl sites for hydroxylation is 3. The molecule has 432 valence electrons. The number of hydrogen-bond donors (Lipinski definition) is 3. The van der Waals surface area contributed by atoms with E-state index in [1.165, 1.54) is 84.0 Å². The molecule has 0 atom stereocenters. The molecule has 8 rings (SSSR count). The molecule has 0 radical (unpaired) electrons. The quantitative estimate of drug-likeness (QED) is 0.0803. The van der Waals surface area contributed by atoms with E-state index in [0.29, 0.717) is 54.2 Å². The minimum atomic E-state index is -1.67. The average molecular weight is 1300 g/mol. The van der Waals surface area contributed by atoms with Gasteiger partial charge in [-0.05, 0) is 167 Å². The van der Waals surface area contributed by atoms with Gasteiger partial charge in [-0.1, -0.05) is 12.1 Å². The number of methoxy groups -OCH3 is 2. The zero-order valence-corrected chi connectivity index (χ0v) is 53.5. The van der Waals surface area contributed by atoms with Crippen molar-refractivity contribution in [2.24, 2.45) is 0 Å². The number of rotatable bonds is 9. The van der Waals surface area contributed by atoms with E-state index in [2.05, 4.69) is 71.6 Å². The molecule has 23 nitrogen and oxygen atoms in total. The first-order valence-electron chi connectivity index (χ1n) is 24.0. The molecule has 2 aromatic carbocycles. The molecule has 29 heteroatoms. The molecule has 0 aliphatic carbocycles. The maximum Gasteiger partial charge on any atom is 1.00 e. The van der Waals surface area contributed by atoms with Crippen molar-refractivity contribution in [3.05, 3.63) is 151 Å². The third-order valence-corrected chi connectivity index (χ3v) is 11.0. The summed E-state index contributed by atoms with van der Waals surface area (Å²) >= 11 is 6.31. The van der Waals surface area contributed by atoms with Crippen LogP contribution >= 0.6 is 31.9 Å². The number of carbonyl (C=O) groups is 6. The molecule has 0 fully saturated rings. The second-order valence-corrected chi connectivity index (χ2v) is 20.7. The number of fused-ring (bicyclic) bond motifs is 3. The fourth-order valence-electron chi connectivity index (χ4n) is 6.61. The van der Waals surface area contributed by atoms with E-state index in [-0.39, 0.29) is 85.4 Å². The number of hydrogen-bond acceptors (Lipinski definition) is 19. The van der Waals surface area contributed by atoms with Gasteiger partial charge in [-0.15, -0.1) is 0 Å². The molecule has 0 spiro atoms. The summed E-state index contributed by atoms with van der Waals surface area (Å²) in [5, 5.41) is 48.4. The van der Waals surface area contributed by atoms with Crippen LogP contribution in [0, 0.1) is 32.4 Å². The molecule has 6 heterocycles. The van der Waals surface area contributed by atoms with Crippen molar-refractivity contribution >= 4 is 109 Å². The topological polar surface area (TPSA) is 314 Å². The molecule has 6 aromatic heterocycles. The van der Waals surface area contributed by atoms with Gasteiger partial charge in [0.1, 0.15) is 27.4 Å². The Morgan fingerprint density at radius 3 is 1.46 bits per heavy atom. The fourth-order valence-corrected chi connectivity index (χ4v) is 7.22. The number of carboxylic acids is 2. The van der Waals surface area contributed by atoms with Crippen LogP contribution in [-0.2, 0) is 33.3 Å². The van der Waals surface area contributed by atoms with Crippen molar-refractivity contribution in [2.45, 2.75) is 80.4 Å². The molecular weight excluding hydrogens is 1250 g/mol. The molecule has 0 unspecified atom stereocenters. The largest absolute Gasteiger partial charge is 1.00 e. The van der Waals surface area contributed by atoms with Crippen LogP contribution < -0.4 is 62.1 Å². The molecular formula is C54H55BBr2F2KN9O14. The second-order valence-electron chi connectivity index (χ2n) is 19.0. The van der Waals surface area contributed by atoms with Crippen molar-refractivity contribution in [3.8, 4) is 11.3 Å². The summed E-state index contributed by atoms with van der Waals surface area (Å²) < 4.78 is 52.9. The third-order valence-electron chi connectivity index (χ3n) is 9.93. The Balaban J connectivity index is 0.000000293. The number of halogens is 4. The van der Waals surface area contributed by atoms with Crippen molar-refractivity contribution in [3.63, 3.8) is 0 Å². The first-order valence-corrected chi connectivity index (χ1v) is 25.6. The first kappa shape index (κ1) is 70.3. The maximum absolute atomic E-state index is 14.7. The molecule has 0 saturated carbocycles. The van der Waals surface area contributed by atoms with Crippen LogP contribution in [-0.4, -0.2) is 127 Å². The fraction of sp³-hybridized carbons (Fsp3) is 0.259. The van der Waals surface area contributed by atoms with Gasteiger partial charge in [0, 0.05) is 59.0 Å². The molecule has 0 aliphatic rings. The minimum absolute atomic E-state index is 0. The zero-order chi connectivity index (χ0) is 61.6. The SMILES string of the molecule is CC(=O)[O-].CC(C)(C)OC(=O)/C=C/c1ccc(Br)c(F)c1.COC(=O)c1cc(C)n2nc(B(O)O)cc2n1.COC(=O)c1cc(C)n2nc(Br)cc2n1.Cc1cc(C(=O)O)nc2cc(-c3ccc(/C=C/C(=O)OC(C)(C)C)cc3F)nn12.[K+]. The van der Waals surface area contributed by atoms with Gasteiger partial charge in [0.2, 0.25) is 0 Å². The number of carboxylic acid groups (broad SMARTS) is 2. The standard InChI is InChI=1S/C21H20FN3O4.C13H14BrFO2.C9H10BN3O4.C9H8BrN3O2.C2H4O2.K/c1-12-9-17(20(27)28)23-18-11-16(24-25(12)18)14-7-5-13(10-15(14)22)6-8-19(26)29-21(2,3)4;1-13(2,3)17-12(16)7-5-9-4-6-10(14)11(15)8-9;1-5-3-6(9(14)17-2)11-8-4-7(10(15)16)12-13(5)8;1-5-3-6(9(14)15-2)11-8-4-7(10)12-13(5)8;1-2(3)4;/h5-11H,1-4H3,(H,27,28);4-8H,1-3H3;3-4,15-16H,1-2H3;3-4H,1-2H3;1H3,(H,3,4);/q;;;;;+1/p-1/b8-6+;7-5+;;;;. The van der Waals surface area contributed by atoms with Crippen molar-refractivity contribution < 1.29 is 128 Å². The van der Waals surface area contributed by atoms with Crippen molar-refractivity contribution in [2.75, 3.05) is 14.2 Å². The number of carbonyl (C=O) groups excluding carboxylic acids is 5. The number of ether oxygens (including phenoxy) is 4. The predicted molar refractivity (Wildman–Crippen MR) is 300 cm³/mol. The van der Waals surface area contributed by atoms with Crippen molar-refractivity contribution in [1.82, 2.24) is 43.8 Å². The molecule has 3 N–H and O–H groups in total. The summed E-state index contributed by atoms with van der Waals surface area (Å²) in [5.74, 6) is -5.09. The van der Waals surface area contributed by atoms with E-state index in [9.17, 15) is 32.8 Å². The summed E-state index contributed by atoms with van der Waals surface area (Å²) in [4.78, 5) is 78.0. The molecule has 0 amide bonds. The van der Waals surface area contributed by atoms with Crippen LogP contribution in [0.1, 0.15) is 108 Å². The van der Waals surface area contributed by atoms with Gasteiger partial charge in [-0.25, -0.2) is 61.3 Å². The molecule has 0 saturated heterocycles. The normalized spacial score (nSPS) is 11.0. The summed E-state index contributed by atoms with van der Waals surface area (Å²) in [6.45, 7) is 16.9. The van der Waals surface area contributed by atoms with Crippen LogP contribution in [0.5, 0.6) is 0 Å². The summed E-state index contributed by atoms with van der Waals surface area (Å²) in [6, 6.07) is 18.3. The van der Waals surface area contributed by atoms with E-state index in [1.54, 1.807) is 96.3 Å². The summed E-state index contributed by atoms with van der Waals surface area (Å²) in [7, 11) is 0.927. The number of aromatic carboxylic acids is 1. The van der Waals surface area contributed by atoms with E-state index in [0.717, 1.165) is 12.6 Å². The van der Waals surface area contributed by atoms with Crippen LogP contribution in [0.15, 0.2) is 94.0 Å². The van der Waals surface area contributed by atoms with Crippen LogP contribution in [0.3, 0.4) is 0 Å². The van der Waals surface area contributed by atoms with Crippen LogP contribution in [0.25, 0.3) is 40.4 Å². The molecule has 0 bridgehead atoms. The molecule has 83 heavy (non-hydrogen) atoms. The van der Waals surface area contributed by atoms with Crippen LogP contribution in [0.2, 0.25) is 0 Å². The average Bonchev–Trinajstić information content (AvgIpc) is 4.19. The van der Waals surface area contributed by atoms with Gasteiger partial charge in [-0.3, -0.25) is 0 Å². The Bertz CT molecular complexity index is 3740. The Morgan fingerprint density at radius 2 is 1.02 bits per heavy atom. The number of nitrogens with zero attached hydrogens (tertiary/aromatic N) is 9. The Kier molecular flexibility index (Phi) is 26.3. The predicted octanol–water partition coefficient (Wildman–Crippen LogP) is 3.69. The summed E-state index contributed by atoms with van der Waals surface area (Å²) in [5.41, 5.74) is 4.24. The summed E-state index contributed by atoms with van der Waals surface area (Å²) in [6.07, 6.45) is 5.51. The van der Waals surface area contributed by atoms with Gasteiger partial charge in [0.25, 0.3) is 0 Å². The van der Waals surface area contributed by atoms with E-state index >= 15 is 0 Å². The van der Waals surface area contributed by atoms with Gasteiger partial charge < -0.3 is 44.0 Å². The monoisotopic (exact) mass is 1300 g/mol. The molecule has 8 aromatic rings. The van der Waals surface area contributed by atoms with Gasteiger partial charge in [0.05, 0.1) is 30.0 Å². The Hall–Kier alpha value is -6.96. The zero-order valence-electron chi connectivity index (χ0n) is 47.2. The third kappa shape index (κ3) is 22.0. The maximum atomic E-state index is 14.7. The number of aromatic nitrogens is 9.